The average Bonchev–Trinajstić information content (AvgIpc) is 0.925. The van der Waals surface area contributed by atoms with Crippen molar-refractivity contribution < 1.29 is 16.8 Å². The summed E-state index contributed by atoms with van der Waals surface area (Å²) in [7, 11) is -8.07. The van der Waals surface area contributed by atoms with Crippen LogP contribution in [0.3, 0.4) is 0 Å². The van der Waals surface area contributed by atoms with Crippen molar-refractivity contribution in [2.24, 2.45) is 41.4 Å². The summed E-state index contributed by atoms with van der Waals surface area (Å²) in [6, 6.07) is 136. The van der Waals surface area contributed by atoms with Crippen LogP contribution in [0.15, 0.2) is 402 Å². The molecule has 0 saturated heterocycles. The van der Waals surface area contributed by atoms with E-state index in [0.29, 0.717) is 49.2 Å². The molecule has 25 rings (SSSR count). The fourth-order valence-electron chi connectivity index (χ4n) is 25.7. The third-order valence-electron chi connectivity index (χ3n) is 31.0. The van der Waals surface area contributed by atoms with E-state index in [1.807, 2.05) is 42.5 Å². The SMILES string of the molecule is C[C@@H]1CC2CC3(c4ccccc4S(=O)(=O)c4cc(N(c5ccc(-c6cccc(-n7c8ccccc8c8ccccc87)c6)cc5)c5ccccc5-c5ccccc5)ccc43)[C@H](C1)C[C@]2(C)c1cccc(-c2cccc(N(c3ccc(-c4cccc(-n5c6ccccc6c6ccccc65)c4)cc3)c3ccc4c(c3)S(=O)(=O)c3ccccc3C43[C@H]4C[C@@H](C)C[C@@H]3C[C@@H](C)C4)c2)c1. The van der Waals surface area contributed by atoms with Gasteiger partial charge in [0.2, 0.25) is 19.7 Å². The first-order valence-electron chi connectivity index (χ1n) is 45.8. The summed E-state index contributed by atoms with van der Waals surface area (Å²) in [6.07, 6.45) is 7.83. The van der Waals surface area contributed by atoms with Crippen LogP contribution in [-0.4, -0.2) is 26.0 Å². The molecule has 10 heteroatoms. The normalized spacial score (nSPS) is 22.7. The van der Waals surface area contributed by atoms with E-state index in [-0.39, 0.29) is 17.3 Å². The monoisotopic (exact) mass is 1700 g/mol. The number of nitrogens with zero attached hydrogens (tertiary/aromatic N) is 4. The first-order valence-corrected chi connectivity index (χ1v) is 48.8. The largest absolute Gasteiger partial charge is 0.310 e. The molecule has 2 unspecified atom stereocenters. The molecule has 16 aromatic carbocycles. The van der Waals surface area contributed by atoms with Gasteiger partial charge in [-0.15, -0.1) is 0 Å². The Kier molecular flexibility index (Phi) is 18.2. The Hall–Kier alpha value is -13.4. The predicted octanol–water partition coefficient (Wildman–Crippen LogP) is 29.9. The number of sulfone groups is 2. The van der Waals surface area contributed by atoms with E-state index in [4.69, 9.17) is 0 Å². The van der Waals surface area contributed by atoms with E-state index in [1.54, 1.807) is 0 Å². The summed E-state index contributed by atoms with van der Waals surface area (Å²) >= 11 is 0. The Labute approximate surface area is 750 Å². The van der Waals surface area contributed by atoms with Crippen molar-refractivity contribution in [1.82, 2.24) is 9.13 Å². The second-order valence-corrected chi connectivity index (χ2v) is 41.9. The molecule has 8 nitrogen and oxygen atoms in total. The zero-order valence-electron chi connectivity index (χ0n) is 72.3. The van der Waals surface area contributed by atoms with Gasteiger partial charge >= 0.3 is 0 Å². The summed E-state index contributed by atoms with van der Waals surface area (Å²) < 4.78 is 68.8. The number of para-hydroxylation sites is 5. The summed E-state index contributed by atoms with van der Waals surface area (Å²) in [5.41, 5.74) is 24.2. The molecular weight excluding hydrogens is 1600 g/mol. The molecule has 128 heavy (non-hydrogen) atoms. The third kappa shape index (κ3) is 12.0. The molecule has 5 aliphatic carbocycles. The maximum Gasteiger partial charge on any atom is 0.207 e. The van der Waals surface area contributed by atoms with Gasteiger partial charge in [-0.25, -0.2) is 16.8 Å². The highest BCUT2D eigenvalue weighted by Crippen LogP contribution is 2.68. The van der Waals surface area contributed by atoms with Gasteiger partial charge in [0.1, 0.15) is 0 Å². The molecule has 4 bridgehead atoms. The molecule has 2 spiro atoms. The Bertz CT molecular complexity index is 7650. The number of hydrogen-bond acceptors (Lipinski definition) is 6. The van der Waals surface area contributed by atoms with Gasteiger partial charge in [0.25, 0.3) is 0 Å². The zero-order valence-corrected chi connectivity index (χ0v) is 73.9. The Morgan fingerprint density at radius 1 is 0.281 bits per heavy atom. The first-order chi connectivity index (χ1) is 62.5. The minimum atomic E-state index is -4.08. The molecule has 2 aliphatic heterocycles. The van der Waals surface area contributed by atoms with Crippen LogP contribution in [0.1, 0.15) is 107 Å². The minimum Gasteiger partial charge on any atom is -0.310 e. The van der Waals surface area contributed by atoms with Crippen LogP contribution in [-0.2, 0) is 35.9 Å². The molecule has 2 aromatic heterocycles. The van der Waals surface area contributed by atoms with Crippen LogP contribution in [0.5, 0.6) is 0 Å². The summed E-state index contributed by atoms with van der Waals surface area (Å²) in [6.45, 7) is 9.75. The number of aromatic nitrogens is 2. The van der Waals surface area contributed by atoms with Gasteiger partial charge in [0.15, 0.2) is 0 Å². The van der Waals surface area contributed by atoms with Crippen molar-refractivity contribution in [3.8, 4) is 55.9 Å². The van der Waals surface area contributed by atoms with Gasteiger partial charge < -0.3 is 18.9 Å². The van der Waals surface area contributed by atoms with E-state index in [9.17, 15) is 0 Å². The van der Waals surface area contributed by atoms with E-state index in [0.717, 1.165) is 186 Å². The third-order valence-corrected chi connectivity index (χ3v) is 34.7. The van der Waals surface area contributed by atoms with Gasteiger partial charge in [0.05, 0.1) is 47.3 Å². The Morgan fingerprint density at radius 3 is 1.23 bits per heavy atom. The van der Waals surface area contributed by atoms with Crippen LogP contribution < -0.4 is 9.80 Å². The molecule has 0 N–H and O–H groups in total. The number of fused-ring (bicyclic) bond motifs is 13. The second-order valence-electron chi connectivity index (χ2n) is 38.2. The lowest BCUT2D eigenvalue weighted by atomic mass is 9.46. The maximum absolute atomic E-state index is 16.2. The standard InChI is InChI=1S/C118H98N4O4S2/c1-76-62-87-64-77(2)65-88(63-76)118(87)105-42-14-21-49-113(105)128(125,126)115-72-96(59-61-106(115)118)119(91-54-50-79(51-55-91)83-29-23-34-94(69-83)121-108-44-16-9-37-99(108)100-38-10-17-45-109(100)121)93-33-25-31-85(71-93)82-28-22-32-86(68-82)116(4)74-90-67-78(3)66-89(116)75-117(90)103-41-13-20-48-112(103)127(123,124)114-73-97(58-60-104(114)117)120(107-43-15-8-36-98(107)81-26-6-5-7-27-81)92-56-52-80(53-57-92)84-30-24-35-95(70-84)122-110-46-18-11-39-101(110)102-40-12-19-47-111(102)122/h5-61,68-73,76-78,87-90H,62-67,74-75H2,1-4H3/t76-,77+,78-,87+,88-,89?,90-,116-,117?,118?/m1/s1. The van der Waals surface area contributed by atoms with E-state index in [1.165, 1.54) is 27.1 Å². The van der Waals surface area contributed by atoms with Crippen molar-refractivity contribution in [2.75, 3.05) is 9.80 Å². The van der Waals surface area contributed by atoms with Crippen LogP contribution >= 0.6 is 0 Å². The minimum absolute atomic E-state index is 0.0722. The van der Waals surface area contributed by atoms with Crippen molar-refractivity contribution in [3.05, 3.63) is 410 Å². The zero-order chi connectivity index (χ0) is 86.1. The lowest BCUT2D eigenvalue weighted by Crippen LogP contribution is -2.54. The quantitative estimate of drug-likeness (QED) is 0.114. The molecule has 5 fully saturated rings. The molecule has 7 aliphatic rings. The highest BCUT2D eigenvalue weighted by Gasteiger charge is 2.62. The van der Waals surface area contributed by atoms with Crippen LogP contribution in [0.25, 0.3) is 99.5 Å². The summed E-state index contributed by atoms with van der Waals surface area (Å²) in [5.74, 6) is 2.33. The van der Waals surface area contributed by atoms with E-state index >= 15 is 16.8 Å². The average molecular weight is 1700 g/mol. The highest BCUT2D eigenvalue weighted by atomic mass is 32.2. The highest BCUT2D eigenvalue weighted by molar-refractivity contribution is 7.92. The number of anilines is 6. The fraction of sp³-hybridized carbons (Fsp3) is 0.186. The van der Waals surface area contributed by atoms with Gasteiger partial charge in [-0.2, -0.15) is 0 Å². The smallest absolute Gasteiger partial charge is 0.207 e. The maximum atomic E-state index is 16.2. The summed E-state index contributed by atoms with van der Waals surface area (Å²) in [5, 5.41) is 4.87. The first kappa shape index (κ1) is 78.1. The fourth-order valence-corrected chi connectivity index (χ4v) is 29.3. The predicted molar refractivity (Wildman–Crippen MR) is 524 cm³/mol. The van der Waals surface area contributed by atoms with Gasteiger partial charge in [0, 0.05) is 77.8 Å². The van der Waals surface area contributed by atoms with Crippen molar-refractivity contribution in [1.29, 1.82) is 0 Å². The molecule has 4 heterocycles. The lowest BCUT2D eigenvalue weighted by molar-refractivity contribution is 0.0231. The van der Waals surface area contributed by atoms with Crippen LogP contribution in [0.2, 0.25) is 0 Å². The lowest BCUT2D eigenvalue weighted by Gasteiger charge is -2.59. The van der Waals surface area contributed by atoms with Gasteiger partial charge in [-0.05, 0) is 292 Å². The molecule has 0 radical (unpaired) electrons. The number of benzene rings is 16. The summed E-state index contributed by atoms with van der Waals surface area (Å²) in [4.78, 5) is 6.22. The van der Waals surface area contributed by atoms with Crippen molar-refractivity contribution in [2.45, 2.75) is 115 Å². The van der Waals surface area contributed by atoms with Crippen molar-refractivity contribution in [3.63, 3.8) is 0 Å². The molecule has 5 atom stereocenters. The van der Waals surface area contributed by atoms with Gasteiger partial charge in [-0.1, -0.05) is 282 Å². The number of hydrogen-bond donors (Lipinski definition) is 0. The number of rotatable bonds is 13. The molecular formula is C118H98N4O4S2. The van der Waals surface area contributed by atoms with Crippen LogP contribution in [0, 0.1) is 41.4 Å². The van der Waals surface area contributed by atoms with E-state index < -0.39 is 30.5 Å². The van der Waals surface area contributed by atoms with Crippen LogP contribution in [0.4, 0.5) is 34.1 Å². The topological polar surface area (TPSA) is 84.6 Å². The van der Waals surface area contributed by atoms with E-state index in [2.05, 4.69) is 386 Å². The van der Waals surface area contributed by atoms with Gasteiger partial charge in [-0.3, -0.25) is 0 Å². The Morgan fingerprint density at radius 2 is 0.664 bits per heavy atom. The molecule has 0 amide bonds. The Balaban J connectivity index is 0.598. The molecule has 626 valence electrons. The molecule has 18 aromatic rings. The van der Waals surface area contributed by atoms with Crippen molar-refractivity contribution >= 4 is 97.4 Å². The second kappa shape index (κ2) is 29.9. The molecule has 5 saturated carbocycles.